The third kappa shape index (κ3) is 3.87. The van der Waals surface area contributed by atoms with E-state index in [4.69, 9.17) is 11.6 Å². The standard InChI is InChI=1S/C22H19ClN2OS/c1-15-14-27-22(24-15)25(19-11-9-18(23)10-12-19)21(26)13-17-7-4-6-16-5-2-3-8-20(16)17/h2-12,15H,13-14H2,1H3. The molecule has 0 fully saturated rings. The molecule has 3 nitrogen and oxygen atoms in total. The van der Waals surface area contributed by atoms with E-state index in [1.54, 1.807) is 28.8 Å². The lowest BCUT2D eigenvalue weighted by molar-refractivity contribution is -0.117. The molecule has 0 saturated carbocycles. The van der Waals surface area contributed by atoms with Gasteiger partial charge in [-0.1, -0.05) is 65.8 Å². The molecule has 27 heavy (non-hydrogen) atoms. The van der Waals surface area contributed by atoms with Gasteiger partial charge in [-0.05, 0) is 47.5 Å². The Kier molecular flexibility index (Phi) is 5.19. The van der Waals surface area contributed by atoms with Crippen LogP contribution in [0.1, 0.15) is 12.5 Å². The van der Waals surface area contributed by atoms with Crippen LogP contribution >= 0.6 is 23.4 Å². The van der Waals surface area contributed by atoms with Crippen molar-refractivity contribution in [3.05, 3.63) is 77.3 Å². The highest BCUT2D eigenvalue weighted by molar-refractivity contribution is 8.14. The topological polar surface area (TPSA) is 32.7 Å². The average molecular weight is 395 g/mol. The summed E-state index contributed by atoms with van der Waals surface area (Å²) in [5.74, 6) is 0.898. The number of thioether (sulfide) groups is 1. The van der Waals surface area contributed by atoms with Crippen LogP contribution < -0.4 is 4.90 Å². The zero-order valence-corrected chi connectivity index (χ0v) is 16.5. The molecule has 1 aliphatic rings. The highest BCUT2D eigenvalue weighted by Gasteiger charge is 2.27. The second kappa shape index (κ2) is 7.75. The molecule has 0 aromatic heterocycles. The number of hydrogen-bond donors (Lipinski definition) is 0. The van der Waals surface area contributed by atoms with E-state index >= 15 is 0 Å². The van der Waals surface area contributed by atoms with Crippen molar-refractivity contribution < 1.29 is 4.79 Å². The van der Waals surface area contributed by atoms with Crippen LogP contribution in [0, 0.1) is 0 Å². The zero-order chi connectivity index (χ0) is 18.8. The average Bonchev–Trinajstić information content (AvgIpc) is 3.10. The Labute approximate surface area is 168 Å². The first-order chi connectivity index (χ1) is 13.1. The molecular weight excluding hydrogens is 376 g/mol. The molecule has 136 valence electrons. The van der Waals surface area contributed by atoms with Crippen LogP contribution in [0.5, 0.6) is 0 Å². The van der Waals surface area contributed by atoms with Crippen molar-refractivity contribution in [3.8, 4) is 0 Å². The molecule has 3 aromatic rings. The number of amides is 1. The second-order valence-corrected chi connectivity index (χ2v) is 8.02. The maximum absolute atomic E-state index is 13.3. The SMILES string of the molecule is CC1CSC(N(C(=O)Cc2cccc3ccccc23)c2ccc(Cl)cc2)=N1. The summed E-state index contributed by atoms with van der Waals surface area (Å²) in [5.41, 5.74) is 1.82. The smallest absolute Gasteiger partial charge is 0.237 e. The first-order valence-electron chi connectivity index (χ1n) is 8.87. The highest BCUT2D eigenvalue weighted by atomic mass is 35.5. The van der Waals surface area contributed by atoms with Crippen LogP contribution in [0.15, 0.2) is 71.7 Å². The molecule has 1 unspecified atom stereocenters. The number of carbonyl (C=O) groups is 1. The minimum absolute atomic E-state index is 0.00836. The van der Waals surface area contributed by atoms with Gasteiger partial charge >= 0.3 is 0 Å². The molecule has 0 saturated heterocycles. The van der Waals surface area contributed by atoms with Gasteiger partial charge in [0.25, 0.3) is 0 Å². The number of carbonyl (C=O) groups excluding carboxylic acids is 1. The van der Waals surface area contributed by atoms with Crippen LogP contribution in [0.25, 0.3) is 10.8 Å². The molecule has 5 heteroatoms. The summed E-state index contributed by atoms with van der Waals surface area (Å²) in [5, 5.41) is 3.66. The highest BCUT2D eigenvalue weighted by Crippen LogP contribution is 2.28. The summed E-state index contributed by atoms with van der Waals surface area (Å²) in [4.78, 5) is 19.7. The summed E-state index contributed by atoms with van der Waals surface area (Å²) >= 11 is 7.66. The van der Waals surface area contributed by atoms with Crippen LogP contribution in [0.4, 0.5) is 5.69 Å². The first kappa shape index (κ1) is 18.1. The van der Waals surface area contributed by atoms with Gasteiger partial charge in [0.15, 0.2) is 5.17 Å². The predicted molar refractivity (Wildman–Crippen MR) is 116 cm³/mol. The fourth-order valence-electron chi connectivity index (χ4n) is 3.22. The van der Waals surface area contributed by atoms with E-state index < -0.39 is 0 Å². The van der Waals surface area contributed by atoms with E-state index in [0.717, 1.165) is 32.9 Å². The number of rotatable bonds is 3. The molecule has 1 aliphatic heterocycles. The number of benzene rings is 3. The van der Waals surface area contributed by atoms with Crippen molar-refractivity contribution in [2.75, 3.05) is 10.7 Å². The molecule has 4 rings (SSSR count). The Morgan fingerprint density at radius 1 is 1.11 bits per heavy atom. The lowest BCUT2D eigenvalue weighted by Gasteiger charge is -2.22. The van der Waals surface area contributed by atoms with E-state index in [-0.39, 0.29) is 11.9 Å². The number of amidine groups is 1. The Morgan fingerprint density at radius 3 is 2.59 bits per heavy atom. The summed E-state index contributed by atoms with van der Waals surface area (Å²) < 4.78 is 0. The number of nitrogens with zero attached hydrogens (tertiary/aromatic N) is 2. The van der Waals surface area contributed by atoms with Gasteiger partial charge < -0.3 is 0 Å². The van der Waals surface area contributed by atoms with Crippen molar-refractivity contribution in [1.29, 1.82) is 0 Å². The largest absolute Gasteiger partial charge is 0.274 e. The van der Waals surface area contributed by atoms with Gasteiger partial charge in [0.2, 0.25) is 5.91 Å². The molecule has 3 aromatic carbocycles. The van der Waals surface area contributed by atoms with Crippen LogP contribution in [-0.2, 0) is 11.2 Å². The van der Waals surface area contributed by atoms with Gasteiger partial charge in [-0.2, -0.15) is 0 Å². The van der Waals surface area contributed by atoms with Crippen LogP contribution in [0.2, 0.25) is 5.02 Å². The molecule has 1 atom stereocenters. The number of anilines is 1. The minimum Gasteiger partial charge on any atom is -0.274 e. The first-order valence-corrected chi connectivity index (χ1v) is 10.2. The third-order valence-electron chi connectivity index (χ3n) is 4.53. The predicted octanol–water partition coefficient (Wildman–Crippen LogP) is 5.56. The third-order valence-corrected chi connectivity index (χ3v) is 5.98. The van der Waals surface area contributed by atoms with Crippen molar-refractivity contribution in [2.45, 2.75) is 19.4 Å². The maximum Gasteiger partial charge on any atom is 0.237 e. The molecule has 1 heterocycles. The molecule has 0 bridgehead atoms. The van der Waals surface area contributed by atoms with Gasteiger partial charge in [0, 0.05) is 10.8 Å². The molecular formula is C22H19ClN2OS. The van der Waals surface area contributed by atoms with Crippen molar-refractivity contribution in [3.63, 3.8) is 0 Å². The number of fused-ring (bicyclic) bond motifs is 1. The van der Waals surface area contributed by atoms with Gasteiger partial charge in [-0.15, -0.1) is 0 Å². The molecule has 1 amide bonds. The molecule has 0 aliphatic carbocycles. The van der Waals surface area contributed by atoms with Crippen molar-refractivity contribution in [2.24, 2.45) is 4.99 Å². The van der Waals surface area contributed by atoms with Gasteiger partial charge in [-0.3, -0.25) is 14.7 Å². The molecule has 0 spiro atoms. The van der Waals surface area contributed by atoms with Gasteiger partial charge in [0.05, 0.1) is 18.2 Å². The monoisotopic (exact) mass is 394 g/mol. The lowest BCUT2D eigenvalue weighted by Crippen LogP contribution is -2.35. The number of hydrogen-bond acceptors (Lipinski definition) is 3. The van der Waals surface area contributed by atoms with E-state index in [9.17, 15) is 4.79 Å². The summed E-state index contributed by atoms with van der Waals surface area (Å²) in [6, 6.07) is 21.8. The molecule has 0 N–H and O–H groups in total. The van der Waals surface area contributed by atoms with Gasteiger partial charge in [0.1, 0.15) is 0 Å². The summed E-state index contributed by atoms with van der Waals surface area (Å²) in [6.07, 6.45) is 0.317. The van der Waals surface area contributed by atoms with E-state index in [0.29, 0.717) is 11.4 Å². The minimum atomic E-state index is 0.00836. The number of aliphatic imine (C=N–C) groups is 1. The Bertz CT molecular complexity index is 1010. The van der Waals surface area contributed by atoms with E-state index in [1.807, 2.05) is 36.4 Å². The quantitative estimate of drug-likeness (QED) is 0.582. The van der Waals surface area contributed by atoms with Crippen LogP contribution in [0.3, 0.4) is 0 Å². The molecule has 0 radical (unpaired) electrons. The summed E-state index contributed by atoms with van der Waals surface area (Å²) in [6.45, 7) is 2.06. The fourth-order valence-corrected chi connectivity index (χ4v) is 4.40. The fraction of sp³-hybridized carbons (Fsp3) is 0.182. The Hall–Kier alpha value is -2.30. The zero-order valence-electron chi connectivity index (χ0n) is 14.9. The normalized spacial score (nSPS) is 16.4. The van der Waals surface area contributed by atoms with E-state index in [2.05, 4.69) is 30.1 Å². The maximum atomic E-state index is 13.3. The Morgan fingerprint density at radius 2 is 1.85 bits per heavy atom. The summed E-state index contributed by atoms with van der Waals surface area (Å²) in [7, 11) is 0. The second-order valence-electron chi connectivity index (χ2n) is 6.59. The van der Waals surface area contributed by atoms with E-state index in [1.165, 1.54) is 0 Å². The van der Waals surface area contributed by atoms with Crippen molar-refractivity contribution in [1.82, 2.24) is 0 Å². The van der Waals surface area contributed by atoms with Gasteiger partial charge in [-0.25, -0.2) is 0 Å². The van der Waals surface area contributed by atoms with Crippen molar-refractivity contribution >= 4 is 50.9 Å². The lowest BCUT2D eigenvalue weighted by atomic mass is 10.0. The number of halogens is 1. The van der Waals surface area contributed by atoms with Crippen LogP contribution in [-0.4, -0.2) is 22.9 Å². The Balaban J connectivity index is 1.70.